The lowest BCUT2D eigenvalue weighted by atomic mass is 9.96. The molecule has 4 N–H and O–H groups in total. The first-order valence-electron chi connectivity index (χ1n) is 6.12. The predicted octanol–water partition coefficient (Wildman–Crippen LogP) is -1.63. The van der Waals surface area contributed by atoms with Crippen molar-refractivity contribution in [3.8, 4) is 0 Å². The van der Waals surface area contributed by atoms with Crippen LogP contribution in [0.3, 0.4) is 0 Å². The fraction of sp³-hybridized carbons (Fsp3) is 0.900. The van der Waals surface area contributed by atoms with E-state index in [1.165, 1.54) is 7.11 Å². The number of nitrogens with zero attached hydrogens (tertiary/aromatic N) is 2. The highest BCUT2D eigenvalue weighted by atomic mass is 35.5. The standard InChI is InChI=1S/C10H18ClN3O7/c1-20-9-8(17)6(7(16)5(4-15)21-9)12-10(18)14(13-19)3-2-11/h5-9,15-17H,2-4H2,1H3,(H,12,18)/t5-,6+,7-,8-,9?/m1/s1. The Hall–Kier alpha value is -1.04. The van der Waals surface area contributed by atoms with Gasteiger partial charge in [0.15, 0.2) is 6.29 Å². The molecule has 0 aromatic rings. The van der Waals surface area contributed by atoms with Gasteiger partial charge in [0.2, 0.25) is 0 Å². The van der Waals surface area contributed by atoms with E-state index in [9.17, 15) is 19.9 Å². The number of methoxy groups -OCH3 is 1. The van der Waals surface area contributed by atoms with Gasteiger partial charge in [0, 0.05) is 13.0 Å². The van der Waals surface area contributed by atoms with E-state index in [1.54, 1.807) is 0 Å². The third kappa shape index (κ3) is 4.22. The molecule has 0 aliphatic carbocycles. The molecule has 1 aliphatic rings. The van der Waals surface area contributed by atoms with Crippen molar-refractivity contribution in [1.29, 1.82) is 0 Å². The van der Waals surface area contributed by atoms with Gasteiger partial charge in [-0.15, -0.1) is 16.5 Å². The summed E-state index contributed by atoms with van der Waals surface area (Å²) in [6.45, 7) is -0.680. The molecular formula is C10H18ClN3O7. The zero-order valence-electron chi connectivity index (χ0n) is 11.3. The maximum Gasteiger partial charge on any atom is 0.340 e. The number of aliphatic hydroxyl groups is 3. The molecule has 5 atom stereocenters. The van der Waals surface area contributed by atoms with Crippen LogP contribution in [0, 0.1) is 4.91 Å². The zero-order chi connectivity index (χ0) is 16.0. The summed E-state index contributed by atoms with van der Waals surface area (Å²) >= 11 is 5.42. The van der Waals surface area contributed by atoms with Gasteiger partial charge in [0.1, 0.15) is 18.3 Å². The first kappa shape index (κ1) is 18.0. The second-order valence-corrected chi connectivity index (χ2v) is 4.69. The number of ether oxygens (including phenoxy) is 2. The minimum atomic E-state index is -1.40. The molecule has 1 unspecified atom stereocenters. The molecule has 2 amide bonds. The van der Waals surface area contributed by atoms with E-state index in [2.05, 4.69) is 10.6 Å². The van der Waals surface area contributed by atoms with Crippen molar-refractivity contribution in [3.63, 3.8) is 0 Å². The number of rotatable bonds is 6. The number of hydrogen-bond donors (Lipinski definition) is 4. The van der Waals surface area contributed by atoms with Crippen molar-refractivity contribution in [3.05, 3.63) is 4.91 Å². The number of aliphatic hydroxyl groups excluding tert-OH is 3. The molecule has 0 spiro atoms. The summed E-state index contributed by atoms with van der Waals surface area (Å²) in [5.74, 6) is -0.0159. The highest BCUT2D eigenvalue weighted by Crippen LogP contribution is 2.21. The molecule has 1 fully saturated rings. The first-order chi connectivity index (χ1) is 9.99. The lowest BCUT2D eigenvalue weighted by Gasteiger charge is -2.41. The number of carbonyl (C=O) groups is 1. The van der Waals surface area contributed by atoms with Gasteiger partial charge in [-0.3, -0.25) is 0 Å². The quantitative estimate of drug-likeness (QED) is 0.261. The first-order valence-corrected chi connectivity index (χ1v) is 6.66. The van der Waals surface area contributed by atoms with Crippen molar-refractivity contribution in [2.24, 2.45) is 5.29 Å². The Bertz CT molecular complexity index is 346. The molecule has 21 heavy (non-hydrogen) atoms. The van der Waals surface area contributed by atoms with Gasteiger partial charge in [-0.1, -0.05) is 0 Å². The molecule has 1 saturated heterocycles. The molecule has 11 heteroatoms. The zero-order valence-corrected chi connectivity index (χ0v) is 12.0. The van der Waals surface area contributed by atoms with Crippen molar-refractivity contribution in [2.75, 3.05) is 26.1 Å². The molecule has 10 nitrogen and oxygen atoms in total. The second kappa shape index (κ2) is 8.41. The van der Waals surface area contributed by atoms with Crippen molar-refractivity contribution in [1.82, 2.24) is 10.3 Å². The van der Waals surface area contributed by atoms with Crippen LogP contribution in [0.1, 0.15) is 0 Å². The van der Waals surface area contributed by atoms with E-state index in [0.29, 0.717) is 5.01 Å². The van der Waals surface area contributed by atoms with Crippen molar-refractivity contribution in [2.45, 2.75) is 30.6 Å². The molecule has 1 rings (SSSR count). The van der Waals surface area contributed by atoms with Crippen LogP contribution in [0.25, 0.3) is 0 Å². The number of hydrogen-bond acceptors (Lipinski definition) is 8. The maximum atomic E-state index is 11.8. The number of urea groups is 1. The van der Waals surface area contributed by atoms with Crippen LogP contribution in [0.5, 0.6) is 0 Å². The average molecular weight is 328 g/mol. The van der Waals surface area contributed by atoms with Gasteiger partial charge >= 0.3 is 6.03 Å². The highest BCUT2D eigenvalue weighted by Gasteiger charge is 2.45. The summed E-state index contributed by atoms with van der Waals surface area (Å²) in [4.78, 5) is 22.3. The number of halogens is 1. The Morgan fingerprint density at radius 3 is 2.62 bits per heavy atom. The van der Waals surface area contributed by atoms with Crippen LogP contribution in [0.15, 0.2) is 5.29 Å². The number of carbonyl (C=O) groups excluding carboxylic acids is 1. The van der Waals surface area contributed by atoms with E-state index < -0.39 is 43.3 Å². The minimum absolute atomic E-state index is 0.0159. The summed E-state index contributed by atoms with van der Waals surface area (Å²) in [5.41, 5.74) is 0. The Balaban J connectivity index is 2.81. The minimum Gasteiger partial charge on any atom is -0.394 e. The maximum absolute atomic E-state index is 11.8. The van der Waals surface area contributed by atoms with Gasteiger partial charge in [-0.25, -0.2) is 4.79 Å². The van der Waals surface area contributed by atoms with Gasteiger partial charge in [-0.2, -0.15) is 5.01 Å². The summed E-state index contributed by atoms with van der Waals surface area (Å²) < 4.78 is 9.98. The van der Waals surface area contributed by atoms with Crippen LogP contribution in [0.2, 0.25) is 0 Å². The SMILES string of the molecule is COC1O[C@H](CO)[C@@H](O)[C@H](NC(=O)N(CCCl)N=O)[C@H]1O. The van der Waals surface area contributed by atoms with Gasteiger partial charge < -0.3 is 30.1 Å². The third-order valence-electron chi connectivity index (χ3n) is 3.04. The van der Waals surface area contributed by atoms with Crippen LogP contribution < -0.4 is 5.32 Å². The Morgan fingerprint density at radius 2 is 2.14 bits per heavy atom. The molecule has 0 aromatic carbocycles. The highest BCUT2D eigenvalue weighted by molar-refractivity contribution is 6.18. The van der Waals surface area contributed by atoms with E-state index in [-0.39, 0.29) is 12.4 Å². The Morgan fingerprint density at radius 1 is 1.48 bits per heavy atom. The molecule has 1 heterocycles. The van der Waals surface area contributed by atoms with Crippen molar-refractivity contribution < 1.29 is 29.6 Å². The second-order valence-electron chi connectivity index (χ2n) is 4.31. The van der Waals surface area contributed by atoms with Gasteiger partial charge in [0.05, 0.1) is 24.5 Å². The summed E-state index contributed by atoms with van der Waals surface area (Å²) in [6, 6.07) is -2.16. The average Bonchev–Trinajstić information content (AvgIpc) is 2.49. The Labute approximate surface area is 125 Å². The number of nitroso groups, excluding NO2 is 1. The number of nitrogens with one attached hydrogen (secondary N) is 1. The van der Waals surface area contributed by atoms with Crippen LogP contribution in [-0.2, 0) is 9.47 Å². The molecule has 0 aromatic heterocycles. The predicted molar refractivity (Wildman–Crippen MR) is 70.3 cm³/mol. The lowest BCUT2D eigenvalue weighted by molar-refractivity contribution is -0.270. The molecule has 0 saturated carbocycles. The number of alkyl halides is 1. The fourth-order valence-electron chi connectivity index (χ4n) is 1.93. The molecule has 122 valence electrons. The van der Waals surface area contributed by atoms with E-state index in [4.69, 9.17) is 26.2 Å². The van der Waals surface area contributed by atoms with E-state index in [1.807, 2.05) is 0 Å². The van der Waals surface area contributed by atoms with E-state index >= 15 is 0 Å². The third-order valence-corrected chi connectivity index (χ3v) is 3.21. The molecule has 1 aliphatic heterocycles. The van der Waals surface area contributed by atoms with E-state index in [0.717, 1.165) is 0 Å². The summed E-state index contributed by atoms with van der Waals surface area (Å²) in [7, 11) is 1.26. The fourth-order valence-corrected chi connectivity index (χ4v) is 2.09. The van der Waals surface area contributed by atoms with Crippen LogP contribution >= 0.6 is 11.6 Å². The van der Waals surface area contributed by atoms with Crippen LogP contribution in [0.4, 0.5) is 4.79 Å². The summed E-state index contributed by atoms with van der Waals surface area (Å²) in [5, 5.41) is 34.3. The number of amides is 2. The smallest absolute Gasteiger partial charge is 0.340 e. The van der Waals surface area contributed by atoms with Gasteiger partial charge in [-0.05, 0) is 0 Å². The molecule has 0 bridgehead atoms. The largest absolute Gasteiger partial charge is 0.394 e. The lowest BCUT2D eigenvalue weighted by Crippen LogP contribution is -2.65. The summed E-state index contributed by atoms with van der Waals surface area (Å²) in [6.07, 6.45) is -5.01. The van der Waals surface area contributed by atoms with Crippen LogP contribution in [-0.4, -0.2) is 83.1 Å². The van der Waals surface area contributed by atoms with Crippen molar-refractivity contribution >= 4 is 17.6 Å². The normalized spacial score (nSPS) is 32.5. The topological polar surface area (TPSA) is 141 Å². The monoisotopic (exact) mass is 327 g/mol. The Kier molecular flexibility index (Phi) is 7.22. The van der Waals surface area contributed by atoms with Gasteiger partial charge in [0.25, 0.3) is 0 Å². The molecular weight excluding hydrogens is 310 g/mol. The molecule has 0 radical (unpaired) electrons.